The number of pyridine rings is 1. The van der Waals surface area contributed by atoms with Crippen LogP contribution in [0.4, 0.5) is 0 Å². The second-order valence-electron chi connectivity index (χ2n) is 5.87. The van der Waals surface area contributed by atoms with Gasteiger partial charge in [-0.1, -0.05) is 25.1 Å². The number of para-hydroxylation sites is 1. The fourth-order valence-electron chi connectivity index (χ4n) is 3.32. The van der Waals surface area contributed by atoms with Crippen LogP contribution in [0.5, 0.6) is 0 Å². The summed E-state index contributed by atoms with van der Waals surface area (Å²) in [6, 6.07) is 11.0. The van der Waals surface area contributed by atoms with Crippen LogP contribution >= 0.6 is 0 Å². The smallest absolute Gasteiger partial charge is 0.0708 e. The molecule has 1 atom stereocenters. The van der Waals surface area contributed by atoms with Gasteiger partial charge in [0.05, 0.1) is 17.3 Å². The van der Waals surface area contributed by atoms with E-state index in [1.165, 1.54) is 16.6 Å². The normalized spacial score (nSPS) is 18.0. The van der Waals surface area contributed by atoms with E-state index in [1.807, 2.05) is 0 Å². The molecule has 1 saturated heterocycles. The number of nitrogens with zero attached hydrogens (tertiary/aromatic N) is 1. The molecular formula is C18H24N2O. The van der Waals surface area contributed by atoms with Crippen molar-refractivity contribution in [3.05, 3.63) is 41.6 Å². The second-order valence-corrected chi connectivity index (χ2v) is 5.87. The fraction of sp³-hybridized carbons (Fsp3) is 0.500. The second kappa shape index (κ2) is 6.54. The molecule has 21 heavy (non-hydrogen) atoms. The summed E-state index contributed by atoms with van der Waals surface area (Å²) >= 11 is 0. The topological polar surface area (TPSA) is 34.2 Å². The van der Waals surface area contributed by atoms with Crippen molar-refractivity contribution in [3.63, 3.8) is 0 Å². The molecule has 3 nitrogen and oxygen atoms in total. The van der Waals surface area contributed by atoms with Crippen LogP contribution < -0.4 is 5.32 Å². The maximum atomic E-state index is 5.51. The Labute approximate surface area is 126 Å². The minimum absolute atomic E-state index is 0.335. The zero-order valence-electron chi connectivity index (χ0n) is 12.9. The first-order valence-electron chi connectivity index (χ1n) is 7.97. The van der Waals surface area contributed by atoms with Crippen molar-refractivity contribution in [1.82, 2.24) is 10.3 Å². The summed E-state index contributed by atoms with van der Waals surface area (Å²) in [7, 11) is 0. The lowest BCUT2D eigenvalue weighted by Crippen LogP contribution is -2.32. The Bertz CT molecular complexity index is 605. The molecule has 0 saturated carbocycles. The summed E-state index contributed by atoms with van der Waals surface area (Å²) in [6.07, 6.45) is 2.23. The van der Waals surface area contributed by atoms with Gasteiger partial charge in [-0.25, -0.2) is 0 Å². The summed E-state index contributed by atoms with van der Waals surface area (Å²) in [5.74, 6) is 0.617. The largest absolute Gasteiger partial charge is 0.381 e. The number of benzene rings is 1. The SMILES string of the molecule is CCNC(c1cc(C)c2ccccc2n1)C1CCOCC1. The first-order chi connectivity index (χ1) is 10.3. The predicted octanol–water partition coefficient (Wildman–Crippen LogP) is 3.62. The van der Waals surface area contributed by atoms with E-state index in [0.717, 1.165) is 38.1 Å². The standard InChI is InChI=1S/C18H24N2O/c1-3-19-18(14-8-10-21-11-9-14)17-12-13(2)15-6-4-5-7-16(15)20-17/h4-7,12,14,18-19H,3,8-11H2,1-2H3. The summed E-state index contributed by atoms with van der Waals surface area (Å²) in [4.78, 5) is 4.93. The molecule has 1 aliphatic heterocycles. The Morgan fingerprint density at radius 1 is 1.29 bits per heavy atom. The molecule has 0 bridgehead atoms. The predicted molar refractivity (Wildman–Crippen MR) is 86.4 cm³/mol. The van der Waals surface area contributed by atoms with Crippen molar-refractivity contribution < 1.29 is 4.74 Å². The highest BCUT2D eigenvalue weighted by atomic mass is 16.5. The molecule has 0 radical (unpaired) electrons. The van der Waals surface area contributed by atoms with Gasteiger partial charge in [-0.2, -0.15) is 0 Å². The Hall–Kier alpha value is -1.45. The third-order valence-corrected chi connectivity index (χ3v) is 4.42. The van der Waals surface area contributed by atoms with E-state index in [9.17, 15) is 0 Å². The molecule has 1 fully saturated rings. The van der Waals surface area contributed by atoms with E-state index >= 15 is 0 Å². The van der Waals surface area contributed by atoms with Gasteiger partial charge in [0.2, 0.25) is 0 Å². The molecule has 1 aromatic heterocycles. The molecule has 1 aliphatic rings. The lowest BCUT2D eigenvalue weighted by Gasteiger charge is -2.31. The average Bonchev–Trinajstić information content (AvgIpc) is 2.53. The van der Waals surface area contributed by atoms with Gasteiger partial charge in [-0.15, -0.1) is 0 Å². The molecule has 1 aromatic carbocycles. The average molecular weight is 284 g/mol. The van der Waals surface area contributed by atoms with Crippen LogP contribution in [0.15, 0.2) is 30.3 Å². The van der Waals surface area contributed by atoms with Crippen LogP contribution in [0.1, 0.15) is 37.1 Å². The molecule has 3 rings (SSSR count). The highest BCUT2D eigenvalue weighted by Crippen LogP contribution is 2.31. The molecule has 2 heterocycles. The zero-order valence-corrected chi connectivity index (χ0v) is 12.9. The van der Waals surface area contributed by atoms with Crippen molar-refractivity contribution >= 4 is 10.9 Å². The van der Waals surface area contributed by atoms with Gasteiger partial charge in [-0.05, 0) is 49.9 Å². The Kier molecular flexibility index (Phi) is 4.51. The molecule has 2 aromatic rings. The maximum absolute atomic E-state index is 5.51. The number of hydrogen-bond acceptors (Lipinski definition) is 3. The number of aryl methyl sites for hydroxylation is 1. The highest BCUT2D eigenvalue weighted by molar-refractivity contribution is 5.82. The van der Waals surface area contributed by atoms with Crippen molar-refractivity contribution in [2.24, 2.45) is 5.92 Å². The van der Waals surface area contributed by atoms with Crippen molar-refractivity contribution in [2.75, 3.05) is 19.8 Å². The molecule has 1 N–H and O–H groups in total. The molecule has 1 unspecified atom stereocenters. The van der Waals surface area contributed by atoms with Gasteiger partial charge in [0.15, 0.2) is 0 Å². The summed E-state index contributed by atoms with van der Waals surface area (Å²) in [6.45, 7) is 7.06. The van der Waals surface area contributed by atoms with Crippen LogP contribution in [0.2, 0.25) is 0 Å². The van der Waals surface area contributed by atoms with Gasteiger partial charge in [0.25, 0.3) is 0 Å². The van der Waals surface area contributed by atoms with Gasteiger partial charge < -0.3 is 10.1 Å². The lowest BCUT2D eigenvalue weighted by molar-refractivity contribution is 0.0533. The van der Waals surface area contributed by atoms with E-state index in [4.69, 9.17) is 9.72 Å². The molecule has 3 heteroatoms. The monoisotopic (exact) mass is 284 g/mol. The van der Waals surface area contributed by atoms with E-state index < -0.39 is 0 Å². The number of nitrogens with one attached hydrogen (secondary N) is 1. The van der Waals surface area contributed by atoms with Gasteiger partial charge in [-0.3, -0.25) is 4.98 Å². The number of hydrogen-bond donors (Lipinski definition) is 1. The van der Waals surface area contributed by atoms with Gasteiger partial charge >= 0.3 is 0 Å². The third-order valence-electron chi connectivity index (χ3n) is 4.42. The number of ether oxygens (including phenoxy) is 1. The summed E-state index contributed by atoms with van der Waals surface area (Å²) in [5.41, 5.74) is 3.59. The number of aromatic nitrogens is 1. The minimum atomic E-state index is 0.335. The first-order valence-corrected chi connectivity index (χ1v) is 7.97. The molecule has 0 aliphatic carbocycles. The van der Waals surface area contributed by atoms with Gasteiger partial charge in [0.1, 0.15) is 0 Å². The minimum Gasteiger partial charge on any atom is -0.381 e. The van der Waals surface area contributed by atoms with E-state index in [-0.39, 0.29) is 0 Å². The van der Waals surface area contributed by atoms with E-state index in [0.29, 0.717) is 12.0 Å². The van der Waals surface area contributed by atoms with Crippen LogP contribution in [-0.4, -0.2) is 24.7 Å². The summed E-state index contributed by atoms with van der Waals surface area (Å²) in [5, 5.41) is 4.90. The third kappa shape index (κ3) is 3.09. The van der Waals surface area contributed by atoms with E-state index in [1.54, 1.807) is 0 Å². The molecule has 0 amide bonds. The Balaban J connectivity index is 1.98. The Morgan fingerprint density at radius 3 is 2.81 bits per heavy atom. The van der Waals surface area contributed by atoms with Crippen molar-refractivity contribution in [2.45, 2.75) is 32.7 Å². The van der Waals surface area contributed by atoms with Crippen LogP contribution in [-0.2, 0) is 4.74 Å². The number of rotatable bonds is 4. The van der Waals surface area contributed by atoms with Crippen molar-refractivity contribution in [3.8, 4) is 0 Å². The van der Waals surface area contributed by atoms with Crippen LogP contribution in [0.3, 0.4) is 0 Å². The molecular weight excluding hydrogens is 260 g/mol. The van der Waals surface area contributed by atoms with Gasteiger partial charge in [0, 0.05) is 18.6 Å². The highest BCUT2D eigenvalue weighted by Gasteiger charge is 2.26. The number of fused-ring (bicyclic) bond motifs is 1. The fourth-order valence-corrected chi connectivity index (χ4v) is 3.32. The molecule has 112 valence electrons. The van der Waals surface area contributed by atoms with E-state index in [2.05, 4.69) is 49.5 Å². The van der Waals surface area contributed by atoms with Crippen molar-refractivity contribution in [1.29, 1.82) is 0 Å². The zero-order chi connectivity index (χ0) is 14.7. The lowest BCUT2D eigenvalue weighted by atomic mass is 9.88. The summed E-state index contributed by atoms with van der Waals surface area (Å²) < 4.78 is 5.51. The Morgan fingerprint density at radius 2 is 2.05 bits per heavy atom. The quantitative estimate of drug-likeness (QED) is 0.931. The van der Waals surface area contributed by atoms with Crippen LogP contribution in [0, 0.1) is 12.8 Å². The molecule has 0 spiro atoms. The maximum Gasteiger partial charge on any atom is 0.0708 e. The van der Waals surface area contributed by atoms with Crippen LogP contribution in [0.25, 0.3) is 10.9 Å². The first kappa shape index (κ1) is 14.5.